The number of halogens is 3. The van der Waals surface area contributed by atoms with Crippen molar-refractivity contribution in [3.8, 4) is 0 Å². The highest BCUT2D eigenvalue weighted by Gasteiger charge is 2.63. The fourth-order valence-electron chi connectivity index (χ4n) is 2.06. The van der Waals surface area contributed by atoms with Crippen LogP contribution in [0.5, 0.6) is 0 Å². The van der Waals surface area contributed by atoms with E-state index in [1.165, 1.54) is 0 Å². The number of alkyl halides is 3. The minimum atomic E-state index is -4.14. The maximum Gasteiger partial charge on any atom is 0.396 e. The topological polar surface area (TPSA) is 27.6 Å². The van der Waals surface area contributed by atoms with E-state index in [9.17, 15) is 13.2 Å². The predicted octanol–water partition coefficient (Wildman–Crippen LogP) is 3.04. The molecule has 1 N–H and O–H groups in total. The maximum absolute atomic E-state index is 12.9. The lowest BCUT2D eigenvalue weighted by Crippen LogP contribution is -2.43. The second-order valence-corrected chi connectivity index (χ2v) is 5.65. The fraction of sp³-hybridized carbons (Fsp3) is 0.533. The summed E-state index contributed by atoms with van der Waals surface area (Å²) in [4.78, 5) is 6.07. The van der Waals surface area contributed by atoms with Crippen molar-refractivity contribution in [2.45, 2.75) is 25.6 Å². The quantitative estimate of drug-likeness (QED) is 0.683. The molecule has 21 heavy (non-hydrogen) atoms. The van der Waals surface area contributed by atoms with Crippen LogP contribution in [0.25, 0.3) is 0 Å². The molecule has 1 aromatic rings. The van der Waals surface area contributed by atoms with E-state index >= 15 is 0 Å². The molecule has 0 heterocycles. The van der Waals surface area contributed by atoms with Crippen molar-refractivity contribution in [3.05, 3.63) is 35.9 Å². The molecule has 2 rings (SSSR count). The Morgan fingerprint density at radius 3 is 2.33 bits per heavy atom. The fourth-order valence-corrected chi connectivity index (χ4v) is 2.06. The van der Waals surface area contributed by atoms with Crippen molar-refractivity contribution in [1.29, 1.82) is 0 Å². The van der Waals surface area contributed by atoms with Gasteiger partial charge in [0.15, 0.2) is 5.96 Å². The maximum atomic E-state index is 12.9. The van der Waals surface area contributed by atoms with Crippen LogP contribution in [0.3, 0.4) is 0 Å². The first-order valence-corrected chi connectivity index (χ1v) is 6.90. The number of nitrogens with zero attached hydrogens (tertiary/aromatic N) is 2. The molecule has 0 aromatic heterocycles. The number of hydrogen-bond acceptors (Lipinski definition) is 1. The largest absolute Gasteiger partial charge is 0.396 e. The minimum absolute atomic E-state index is 0.109. The molecule has 0 atom stereocenters. The van der Waals surface area contributed by atoms with E-state index in [0.717, 1.165) is 5.56 Å². The first-order valence-electron chi connectivity index (χ1n) is 6.90. The van der Waals surface area contributed by atoms with Crippen molar-refractivity contribution in [1.82, 2.24) is 10.2 Å². The Hall–Kier alpha value is -1.72. The Morgan fingerprint density at radius 1 is 1.24 bits per heavy atom. The van der Waals surface area contributed by atoms with E-state index in [4.69, 9.17) is 0 Å². The van der Waals surface area contributed by atoms with E-state index in [1.54, 1.807) is 19.0 Å². The van der Waals surface area contributed by atoms with Gasteiger partial charge in [-0.1, -0.05) is 30.3 Å². The summed E-state index contributed by atoms with van der Waals surface area (Å²) in [5.41, 5.74) is -0.535. The number of benzene rings is 1. The lowest BCUT2D eigenvalue weighted by Gasteiger charge is -2.23. The van der Waals surface area contributed by atoms with Gasteiger partial charge in [0.25, 0.3) is 0 Å². The molecule has 1 saturated carbocycles. The second-order valence-electron chi connectivity index (χ2n) is 5.65. The summed E-state index contributed by atoms with van der Waals surface area (Å²) in [6.07, 6.45) is -3.75. The van der Waals surface area contributed by atoms with Crippen LogP contribution in [0.1, 0.15) is 18.4 Å². The van der Waals surface area contributed by atoms with Crippen molar-refractivity contribution >= 4 is 5.96 Å². The van der Waals surface area contributed by atoms with Gasteiger partial charge in [-0.3, -0.25) is 0 Å². The first kappa shape index (κ1) is 15.7. The number of rotatable bonds is 4. The molecule has 1 aliphatic rings. The van der Waals surface area contributed by atoms with Gasteiger partial charge in [-0.25, -0.2) is 4.99 Å². The van der Waals surface area contributed by atoms with E-state index < -0.39 is 11.6 Å². The van der Waals surface area contributed by atoms with Crippen molar-refractivity contribution in [2.24, 2.45) is 10.4 Å². The predicted molar refractivity (Wildman–Crippen MR) is 77.0 cm³/mol. The molecule has 6 heteroatoms. The normalized spacial score (nSPS) is 17.5. The summed E-state index contributed by atoms with van der Waals surface area (Å²) in [5, 5.41) is 2.85. The Balaban J connectivity index is 1.97. The molecule has 3 nitrogen and oxygen atoms in total. The van der Waals surface area contributed by atoms with E-state index in [2.05, 4.69) is 10.3 Å². The SMILES string of the molecule is CN(C)C(=NCc1ccccc1)NCC1(C(F)(F)F)CC1. The molecule has 0 amide bonds. The summed E-state index contributed by atoms with van der Waals surface area (Å²) in [7, 11) is 3.54. The van der Waals surface area contributed by atoms with Crippen LogP contribution in [0.2, 0.25) is 0 Å². The van der Waals surface area contributed by atoms with Crippen LogP contribution >= 0.6 is 0 Å². The van der Waals surface area contributed by atoms with Crippen LogP contribution in [0.4, 0.5) is 13.2 Å². The van der Waals surface area contributed by atoms with Gasteiger partial charge in [0, 0.05) is 20.6 Å². The summed E-state index contributed by atoms with van der Waals surface area (Å²) >= 11 is 0. The number of aliphatic imine (C=N–C) groups is 1. The standard InChI is InChI=1S/C15H20F3N3/c1-21(2)13(19-10-12-6-4-3-5-7-12)20-11-14(8-9-14)15(16,17)18/h3-7H,8-11H2,1-2H3,(H,19,20). The number of hydrogen-bond donors (Lipinski definition) is 1. The summed E-state index contributed by atoms with van der Waals surface area (Å²) in [6, 6.07) is 9.62. The molecular formula is C15H20F3N3. The highest BCUT2D eigenvalue weighted by molar-refractivity contribution is 5.79. The lowest BCUT2D eigenvalue weighted by atomic mass is 10.1. The molecule has 1 aromatic carbocycles. The summed E-state index contributed by atoms with van der Waals surface area (Å²) in [6.45, 7) is 0.336. The second kappa shape index (κ2) is 5.95. The first-order chi connectivity index (χ1) is 9.84. The highest BCUT2D eigenvalue weighted by Crippen LogP contribution is 2.57. The van der Waals surface area contributed by atoms with E-state index in [-0.39, 0.29) is 19.4 Å². The third kappa shape index (κ3) is 3.89. The van der Waals surface area contributed by atoms with Crippen molar-refractivity contribution in [2.75, 3.05) is 20.6 Å². The molecule has 0 radical (unpaired) electrons. The Labute approximate surface area is 122 Å². The molecule has 0 bridgehead atoms. The highest BCUT2D eigenvalue weighted by atomic mass is 19.4. The van der Waals surface area contributed by atoms with Crippen LogP contribution in [0.15, 0.2) is 35.3 Å². The minimum Gasteiger partial charge on any atom is -0.355 e. The van der Waals surface area contributed by atoms with Gasteiger partial charge in [0.1, 0.15) is 0 Å². The van der Waals surface area contributed by atoms with Gasteiger partial charge < -0.3 is 10.2 Å². The smallest absolute Gasteiger partial charge is 0.355 e. The zero-order chi connectivity index (χ0) is 15.5. The molecule has 0 unspecified atom stereocenters. The van der Waals surface area contributed by atoms with Crippen LogP contribution in [-0.4, -0.2) is 37.7 Å². The number of nitrogens with one attached hydrogen (secondary N) is 1. The van der Waals surface area contributed by atoms with Crippen LogP contribution < -0.4 is 5.32 Å². The van der Waals surface area contributed by atoms with E-state index in [0.29, 0.717) is 12.5 Å². The van der Waals surface area contributed by atoms with Gasteiger partial charge in [0.2, 0.25) is 0 Å². The third-order valence-corrected chi connectivity index (χ3v) is 3.72. The van der Waals surface area contributed by atoms with Gasteiger partial charge in [0.05, 0.1) is 12.0 Å². The van der Waals surface area contributed by atoms with Gasteiger partial charge >= 0.3 is 6.18 Å². The Bertz CT molecular complexity index is 491. The molecule has 1 aliphatic carbocycles. The third-order valence-electron chi connectivity index (χ3n) is 3.72. The zero-order valence-electron chi connectivity index (χ0n) is 12.2. The summed E-state index contributed by atoms with van der Waals surface area (Å²) < 4.78 is 38.7. The number of guanidine groups is 1. The van der Waals surface area contributed by atoms with Crippen LogP contribution in [0, 0.1) is 5.41 Å². The van der Waals surface area contributed by atoms with E-state index in [1.807, 2.05) is 30.3 Å². The van der Waals surface area contributed by atoms with Crippen molar-refractivity contribution in [3.63, 3.8) is 0 Å². The van der Waals surface area contributed by atoms with Crippen molar-refractivity contribution < 1.29 is 13.2 Å². The summed E-state index contributed by atoms with van der Waals surface area (Å²) in [5.74, 6) is 0.481. The average Bonchev–Trinajstić information content (AvgIpc) is 3.20. The molecule has 0 saturated heterocycles. The molecular weight excluding hydrogens is 279 g/mol. The zero-order valence-corrected chi connectivity index (χ0v) is 12.2. The van der Waals surface area contributed by atoms with Gasteiger partial charge in [-0.15, -0.1) is 0 Å². The van der Waals surface area contributed by atoms with Gasteiger partial charge in [-0.05, 0) is 18.4 Å². The molecule has 116 valence electrons. The molecule has 0 aliphatic heterocycles. The monoisotopic (exact) mass is 299 g/mol. The Kier molecular flexibility index (Phi) is 4.44. The molecule has 0 spiro atoms. The lowest BCUT2D eigenvalue weighted by molar-refractivity contribution is -0.184. The molecule has 1 fully saturated rings. The Morgan fingerprint density at radius 2 is 1.86 bits per heavy atom. The average molecular weight is 299 g/mol. The van der Waals surface area contributed by atoms with Crippen LogP contribution in [-0.2, 0) is 6.54 Å². The van der Waals surface area contributed by atoms with Gasteiger partial charge in [-0.2, -0.15) is 13.2 Å².